The molecule has 0 atom stereocenters. The topological polar surface area (TPSA) is 45.1 Å². The van der Waals surface area contributed by atoms with Crippen molar-refractivity contribution >= 4 is 17.6 Å². The predicted molar refractivity (Wildman–Crippen MR) is 71.5 cm³/mol. The van der Waals surface area contributed by atoms with Crippen LogP contribution in [0, 0.1) is 0 Å². The van der Waals surface area contributed by atoms with Crippen molar-refractivity contribution in [1.82, 2.24) is 4.98 Å². The molecule has 0 aliphatic rings. The SMILES string of the molecule is CNc1ccc(CSc2ccccc2O)cn1. The van der Waals surface area contributed by atoms with Crippen molar-refractivity contribution in [2.75, 3.05) is 12.4 Å². The van der Waals surface area contributed by atoms with E-state index in [0.29, 0.717) is 5.75 Å². The molecule has 1 heterocycles. The minimum Gasteiger partial charge on any atom is -0.507 e. The summed E-state index contributed by atoms with van der Waals surface area (Å²) in [4.78, 5) is 5.14. The molecular weight excluding hydrogens is 232 g/mol. The molecule has 0 amide bonds. The van der Waals surface area contributed by atoms with E-state index in [4.69, 9.17) is 0 Å². The van der Waals surface area contributed by atoms with Crippen LogP contribution in [0.4, 0.5) is 5.82 Å². The highest BCUT2D eigenvalue weighted by Gasteiger charge is 2.01. The maximum Gasteiger partial charge on any atom is 0.129 e. The largest absolute Gasteiger partial charge is 0.507 e. The summed E-state index contributed by atoms with van der Waals surface area (Å²) in [5.41, 5.74) is 1.14. The Hall–Kier alpha value is -1.68. The number of thioether (sulfide) groups is 1. The molecule has 3 nitrogen and oxygen atoms in total. The molecule has 0 aliphatic carbocycles. The quantitative estimate of drug-likeness (QED) is 0.814. The zero-order valence-corrected chi connectivity index (χ0v) is 10.4. The van der Waals surface area contributed by atoms with E-state index in [1.54, 1.807) is 17.8 Å². The van der Waals surface area contributed by atoms with Gasteiger partial charge < -0.3 is 10.4 Å². The highest BCUT2D eigenvalue weighted by atomic mass is 32.2. The Kier molecular flexibility index (Phi) is 3.88. The maximum atomic E-state index is 9.62. The normalized spacial score (nSPS) is 10.2. The van der Waals surface area contributed by atoms with Gasteiger partial charge in [0.15, 0.2) is 0 Å². The number of nitrogens with one attached hydrogen (secondary N) is 1. The zero-order chi connectivity index (χ0) is 12.1. The number of para-hydroxylation sites is 1. The average molecular weight is 246 g/mol. The monoisotopic (exact) mass is 246 g/mol. The van der Waals surface area contributed by atoms with E-state index in [1.165, 1.54) is 0 Å². The Bertz CT molecular complexity index is 485. The number of benzene rings is 1. The van der Waals surface area contributed by atoms with E-state index in [0.717, 1.165) is 22.0 Å². The van der Waals surface area contributed by atoms with Crippen LogP contribution in [-0.2, 0) is 5.75 Å². The predicted octanol–water partition coefficient (Wildman–Crippen LogP) is 3.12. The number of hydrogen-bond donors (Lipinski definition) is 2. The van der Waals surface area contributed by atoms with Crippen molar-refractivity contribution in [2.45, 2.75) is 10.6 Å². The van der Waals surface area contributed by atoms with Gasteiger partial charge in [0, 0.05) is 23.9 Å². The number of aromatic nitrogens is 1. The smallest absolute Gasteiger partial charge is 0.129 e. The van der Waals surface area contributed by atoms with Crippen molar-refractivity contribution < 1.29 is 5.11 Å². The van der Waals surface area contributed by atoms with Gasteiger partial charge in [-0.1, -0.05) is 18.2 Å². The van der Waals surface area contributed by atoms with Gasteiger partial charge in [-0.25, -0.2) is 4.98 Å². The molecule has 2 N–H and O–H groups in total. The molecule has 1 aromatic heterocycles. The molecule has 4 heteroatoms. The highest BCUT2D eigenvalue weighted by molar-refractivity contribution is 7.98. The Labute approximate surface area is 105 Å². The third kappa shape index (κ3) is 3.14. The average Bonchev–Trinajstić information content (AvgIpc) is 2.38. The van der Waals surface area contributed by atoms with E-state index in [9.17, 15) is 5.11 Å². The molecule has 0 unspecified atom stereocenters. The number of rotatable bonds is 4. The van der Waals surface area contributed by atoms with E-state index in [-0.39, 0.29) is 0 Å². The first-order chi connectivity index (χ1) is 8.29. The number of phenolic OH excluding ortho intramolecular Hbond substituents is 1. The summed E-state index contributed by atoms with van der Waals surface area (Å²) >= 11 is 1.60. The Balaban J connectivity index is 2.00. The lowest BCUT2D eigenvalue weighted by atomic mass is 10.3. The number of aromatic hydroxyl groups is 1. The van der Waals surface area contributed by atoms with Crippen LogP contribution in [0.1, 0.15) is 5.56 Å². The van der Waals surface area contributed by atoms with Gasteiger partial charge in [0.05, 0.1) is 0 Å². The lowest BCUT2D eigenvalue weighted by molar-refractivity contribution is 0.462. The van der Waals surface area contributed by atoms with Crippen molar-refractivity contribution in [3.8, 4) is 5.75 Å². The van der Waals surface area contributed by atoms with Crippen molar-refractivity contribution in [3.05, 3.63) is 48.2 Å². The van der Waals surface area contributed by atoms with Crippen LogP contribution >= 0.6 is 11.8 Å². The standard InChI is InChI=1S/C13H14N2OS/c1-14-13-7-6-10(8-15-13)9-17-12-5-3-2-4-11(12)16/h2-8,16H,9H2,1H3,(H,14,15). The summed E-state index contributed by atoms with van der Waals surface area (Å²) in [5, 5.41) is 12.6. The van der Waals surface area contributed by atoms with Gasteiger partial charge in [0.1, 0.15) is 11.6 Å². The number of pyridine rings is 1. The molecule has 0 saturated heterocycles. The number of anilines is 1. The molecule has 88 valence electrons. The van der Waals surface area contributed by atoms with Gasteiger partial charge in [-0.3, -0.25) is 0 Å². The summed E-state index contributed by atoms with van der Waals surface area (Å²) in [6, 6.07) is 11.3. The van der Waals surface area contributed by atoms with Crippen LogP contribution in [0.3, 0.4) is 0 Å². The van der Waals surface area contributed by atoms with Gasteiger partial charge >= 0.3 is 0 Å². The van der Waals surface area contributed by atoms with Crippen LogP contribution in [0.2, 0.25) is 0 Å². The minimum atomic E-state index is 0.331. The second-order valence-electron chi connectivity index (χ2n) is 3.56. The second-order valence-corrected chi connectivity index (χ2v) is 4.58. The molecule has 0 fully saturated rings. The van der Waals surface area contributed by atoms with Crippen LogP contribution in [0.5, 0.6) is 5.75 Å². The summed E-state index contributed by atoms with van der Waals surface area (Å²) in [7, 11) is 1.85. The third-order valence-electron chi connectivity index (χ3n) is 2.34. The molecule has 2 aromatic rings. The molecule has 0 spiro atoms. The summed E-state index contributed by atoms with van der Waals surface area (Å²) in [5.74, 6) is 1.99. The number of nitrogens with zero attached hydrogens (tertiary/aromatic N) is 1. The van der Waals surface area contributed by atoms with Crippen LogP contribution in [0.25, 0.3) is 0 Å². The lowest BCUT2D eigenvalue weighted by Crippen LogP contribution is -1.92. The fourth-order valence-corrected chi connectivity index (χ4v) is 2.28. The zero-order valence-electron chi connectivity index (χ0n) is 9.55. The lowest BCUT2D eigenvalue weighted by Gasteiger charge is -2.04. The molecule has 0 radical (unpaired) electrons. The summed E-state index contributed by atoms with van der Waals surface area (Å²) in [6.45, 7) is 0. The van der Waals surface area contributed by atoms with E-state index in [1.807, 2.05) is 43.6 Å². The maximum absolute atomic E-state index is 9.62. The Morgan fingerprint density at radius 1 is 1.24 bits per heavy atom. The fourth-order valence-electron chi connectivity index (χ4n) is 1.40. The first-order valence-corrected chi connectivity index (χ1v) is 6.31. The number of hydrogen-bond acceptors (Lipinski definition) is 4. The fraction of sp³-hybridized carbons (Fsp3) is 0.154. The summed E-state index contributed by atoms with van der Waals surface area (Å²) in [6.07, 6.45) is 1.85. The minimum absolute atomic E-state index is 0.331. The summed E-state index contributed by atoms with van der Waals surface area (Å²) < 4.78 is 0. The first-order valence-electron chi connectivity index (χ1n) is 5.33. The molecule has 17 heavy (non-hydrogen) atoms. The molecule has 0 aliphatic heterocycles. The second kappa shape index (κ2) is 5.59. The van der Waals surface area contributed by atoms with Gasteiger partial charge in [-0.15, -0.1) is 11.8 Å². The van der Waals surface area contributed by atoms with Crippen molar-refractivity contribution in [2.24, 2.45) is 0 Å². The van der Waals surface area contributed by atoms with Crippen molar-refractivity contribution in [1.29, 1.82) is 0 Å². The first kappa shape index (κ1) is 11.8. The molecule has 0 bridgehead atoms. The third-order valence-corrected chi connectivity index (χ3v) is 3.47. The van der Waals surface area contributed by atoms with Crippen LogP contribution in [0.15, 0.2) is 47.5 Å². The van der Waals surface area contributed by atoms with Crippen molar-refractivity contribution in [3.63, 3.8) is 0 Å². The highest BCUT2D eigenvalue weighted by Crippen LogP contribution is 2.30. The Morgan fingerprint density at radius 3 is 2.71 bits per heavy atom. The van der Waals surface area contributed by atoms with Gasteiger partial charge in [0.25, 0.3) is 0 Å². The van der Waals surface area contributed by atoms with Gasteiger partial charge in [0.2, 0.25) is 0 Å². The number of phenols is 1. The van der Waals surface area contributed by atoms with Gasteiger partial charge in [-0.2, -0.15) is 0 Å². The van der Waals surface area contributed by atoms with E-state index < -0.39 is 0 Å². The van der Waals surface area contributed by atoms with Crippen LogP contribution < -0.4 is 5.32 Å². The van der Waals surface area contributed by atoms with Gasteiger partial charge in [-0.05, 0) is 23.8 Å². The molecular formula is C13H14N2OS. The molecule has 0 saturated carbocycles. The van der Waals surface area contributed by atoms with Crippen LogP contribution in [-0.4, -0.2) is 17.1 Å². The molecule has 2 rings (SSSR count). The van der Waals surface area contributed by atoms with E-state index in [2.05, 4.69) is 10.3 Å². The van der Waals surface area contributed by atoms with E-state index >= 15 is 0 Å². The Morgan fingerprint density at radius 2 is 2.06 bits per heavy atom. The molecule has 1 aromatic carbocycles.